The highest BCUT2D eigenvalue weighted by atomic mass is 28.3. The van der Waals surface area contributed by atoms with Crippen molar-refractivity contribution in [2.75, 3.05) is 14.2 Å². The second-order valence-corrected chi connectivity index (χ2v) is 7.51. The number of fused-ring (bicyclic) bond motifs is 2. The van der Waals surface area contributed by atoms with Crippen LogP contribution < -0.4 is 0 Å². The summed E-state index contributed by atoms with van der Waals surface area (Å²) < 4.78 is 16.2. The van der Waals surface area contributed by atoms with Gasteiger partial charge in [0.05, 0.1) is 5.92 Å². The van der Waals surface area contributed by atoms with E-state index in [1.807, 2.05) is 6.92 Å². The van der Waals surface area contributed by atoms with Crippen molar-refractivity contribution >= 4 is 15.3 Å². The largest absolute Gasteiger partial charge is 0.460 e. The lowest BCUT2D eigenvalue weighted by atomic mass is 9.90. The van der Waals surface area contributed by atoms with Crippen LogP contribution in [0.3, 0.4) is 0 Å². The molecule has 5 heteroatoms. The van der Waals surface area contributed by atoms with Crippen molar-refractivity contribution in [1.29, 1.82) is 0 Å². The molecule has 0 spiro atoms. The standard InChI is InChI=1S/C14H23O4Si/c1-5-13(19(16-3)17-4)18-14(15)12-8-10-7-11(12)6-9(10)2/h6,10-13H,5,7-8H2,1-4H3. The number of carbonyl (C=O) groups excluding carboxylic acids is 1. The Morgan fingerprint density at radius 1 is 1.42 bits per heavy atom. The first-order chi connectivity index (χ1) is 9.10. The molecule has 0 amide bonds. The molecule has 2 aliphatic rings. The van der Waals surface area contributed by atoms with E-state index >= 15 is 0 Å². The van der Waals surface area contributed by atoms with Gasteiger partial charge < -0.3 is 13.6 Å². The molecule has 4 nitrogen and oxygen atoms in total. The summed E-state index contributed by atoms with van der Waals surface area (Å²) >= 11 is 0. The number of rotatable bonds is 6. The van der Waals surface area contributed by atoms with Crippen molar-refractivity contribution in [3.63, 3.8) is 0 Å². The molecule has 0 aliphatic heterocycles. The van der Waals surface area contributed by atoms with Crippen LogP contribution in [-0.4, -0.2) is 35.2 Å². The van der Waals surface area contributed by atoms with E-state index < -0.39 is 9.28 Å². The molecular weight excluding hydrogens is 260 g/mol. The maximum Gasteiger partial charge on any atom is 0.429 e. The van der Waals surface area contributed by atoms with Crippen LogP contribution in [-0.2, 0) is 18.4 Å². The molecule has 107 valence electrons. The number of hydrogen-bond acceptors (Lipinski definition) is 4. The van der Waals surface area contributed by atoms with Gasteiger partial charge in [-0.05, 0) is 38.0 Å². The zero-order chi connectivity index (χ0) is 14.0. The molecule has 0 aromatic heterocycles. The minimum atomic E-state index is -1.52. The fourth-order valence-corrected chi connectivity index (χ4v) is 4.48. The summed E-state index contributed by atoms with van der Waals surface area (Å²) in [4.78, 5) is 12.3. The number of carbonyl (C=O) groups is 1. The molecule has 0 N–H and O–H groups in total. The quantitative estimate of drug-likeness (QED) is 0.426. The van der Waals surface area contributed by atoms with Crippen LogP contribution in [0, 0.1) is 17.8 Å². The number of ether oxygens (including phenoxy) is 1. The van der Waals surface area contributed by atoms with Crippen LogP contribution in [0.4, 0.5) is 0 Å². The van der Waals surface area contributed by atoms with Gasteiger partial charge >= 0.3 is 15.3 Å². The Bertz CT molecular complexity index is 364. The molecule has 0 saturated heterocycles. The van der Waals surface area contributed by atoms with Gasteiger partial charge in [0.2, 0.25) is 0 Å². The maximum atomic E-state index is 12.3. The molecular formula is C14H23O4Si. The minimum Gasteiger partial charge on any atom is -0.460 e. The van der Waals surface area contributed by atoms with E-state index in [2.05, 4.69) is 13.0 Å². The smallest absolute Gasteiger partial charge is 0.429 e. The summed E-state index contributed by atoms with van der Waals surface area (Å²) in [5, 5.41) is 0. The molecule has 1 radical (unpaired) electrons. The minimum absolute atomic E-state index is 0.0414. The van der Waals surface area contributed by atoms with Crippen molar-refractivity contribution in [3.8, 4) is 0 Å². The molecule has 0 aromatic rings. The molecule has 1 saturated carbocycles. The van der Waals surface area contributed by atoms with Gasteiger partial charge in [-0.25, -0.2) is 0 Å². The van der Waals surface area contributed by atoms with Gasteiger partial charge in [0, 0.05) is 14.2 Å². The van der Waals surface area contributed by atoms with Crippen LogP contribution in [0.2, 0.25) is 0 Å². The summed E-state index contributed by atoms with van der Waals surface area (Å²) in [5.74, 6) is 0.951. The Morgan fingerprint density at radius 2 is 2.11 bits per heavy atom. The third kappa shape index (κ3) is 2.93. The summed E-state index contributed by atoms with van der Waals surface area (Å²) in [7, 11) is 1.70. The molecule has 2 rings (SSSR count). The molecule has 2 bridgehead atoms. The molecule has 19 heavy (non-hydrogen) atoms. The Morgan fingerprint density at radius 3 is 2.53 bits per heavy atom. The van der Waals surface area contributed by atoms with Gasteiger partial charge in [0.25, 0.3) is 0 Å². The summed E-state index contributed by atoms with van der Waals surface area (Å²) in [6.45, 7) is 4.16. The Hall–Kier alpha value is -0.653. The number of hydrogen-bond donors (Lipinski definition) is 0. The topological polar surface area (TPSA) is 44.8 Å². The summed E-state index contributed by atoms with van der Waals surface area (Å²) in [6.07, 6.45) is 5.05. The Labute approximate surface area is 117 Å². The first-order valence-corrected chi connectivity index (χ1v) is 8.33. The lowest BCUT2D eigenvalue weighted by Gasteiger charge is -2.24. The van der Waals surface area contributed by atoms with Crippen molar-refractivity contribution in [2.24, 2.45) is 17.8 Å². The van der Waals surface area contributed by atoms with Crippen molar-refractivity contribution in [1.82, 2.24) is 0 Å². The third-order valence-electron chi connectivity index (χ3n) is 4.33. The van der Waals surface area contributed by atoms with E-state index in [0.717, 1.165) is 19.3 Å². The van der Waals surface area contributed by atoms with Crippen molar-refractivity contribution in [3.05, 3.63) is 11.6 Å². The SMILES string of the molecule is CCC(OC(=O)C1CC2CC1C=C2C)[Si](OC)OC. The first kappa shape index (κ1) is 14.7. The second-order valence-electron chi connectivity index (χ2n) is 5.41. The Kier molecular flexibility index (Phi) is 4.81. The second kappa shape index (κ2) is 6.20. The van der Waals surface area contributed by atoms with Crippen LogP contribution >= 0.6 is 0 Å². The highest BCUT2D eigenvalue weighted by molar-refractivity contribution is 6.46. The van der Waals surface area contributed by atoms with E-state index in [-0.39, 0.29) is 17.6 Å². The molecule has 4 unspecified atom stereocenters. The van der Waals surface area contributed by atoms with Crippen LogP contribution in [0.15, 0.2) is 11.6 Å². The van der Waals surface area contributed by atoms with E-state index in [4.69, 9.17) is 13.6 Å². The lowest BCUT2D eigenvalue weighted by molar-refractivity contribution is -0.152. The Balaban J connectivity index is 1.94. The van der Waals surface area contributed by atoms with Crippen LogP contribution in [0.5, 0.6) is 0 Å². The molecule has 1 fully saturated rings. The molecule has 0 heterocycles. The van der Waals surface area contributed by atoms with Gasteiger partial charge in [0.15, 0.2) is 0 Å². The van der Waals surface area contributed by atoms with Gasteiger partial charge in [0.1, 0.15) is 5.73 Å². The molecule has 2 aliphatic carbocycles. The van der Waals surface area contributed by atoms with Crippen molar-refractivity contribution < 1.29 is 18.4 Å². The fourth-order valence-electron chi connectivity index (χ4n) is 3.24. The average molecular weight is 283 g/mol. The lowest BCUT2D eigenvalue weighted by Crippen LogP contribution is -2.40. The highest BCUT2D eigenvalue weighted by Crippen LogP contribution is 2.47. The van der Waals surface area contributed by atoms with Gasteiger partial charge in [-0.15, -0.1) is 0 Å². The summed E-state index contributed by atoms with van der Waals surface area (Å²) in [6, 6.07) is 0. The van der Waals surface area contributed by atoms with Crippen LogP contribution in [0.25, 0.3) is 0 Å². The van der Waals surface area contributed by atoms with E-state index in [0.29, 0.717) is 11.8 Å². The maximum absolute atomic E-state index is 12.3. The van der Waals surface area contributed by atoms with E-state index in [1.54, 1.807) is 14.2 Å². The zero-order valence-electron chi connectivity index (χ0n) is 12.1. The van der Waals surface area contributed by atoms with E-state index in [9.17, 15) is 4.79 Å². The number of allylic oxidation sites excluding steroid dienone is 2. The number of esters is 1. The zero-order valence-corrected chi connectivity index (χ0v) is 13.1. The van der Waals surface area contributed by atoms with Crippen molar-refractivity contribution in [2.45, 2.75) is 38.8 Å². The third-order valence-corrected chi connectivity index (χ3v) is 6.19. The first-order valence-electron chi connectivity index (χ1n) is 6.94. The highest BCUT2D eigenvalue weighted by Gasteiger charge is 2.44. The summed E-state index contributed by atoms with van der Waals surface area (Å²) in [5.41, 5.74) is 1.22. The van der Waals surface area contributed by atoms with Gasteiger partial charge in [-0.3, -0.25) is 4.79 Å². The predicted octanol–water partition coefficient (Wildman–Crippen LogP) is 2.23. The molecule has 0 aromatic carbocycles. The monoisotopic (exact) mass is 283 g/mol. The van der Waals surface area contributed by atoms with Crippen LogP contribution in [0.1, 0.15) is 33.1 Å². The normalized spacial score (nSPS) is 30.6. The fraction of sp³-hybridized carbons (Fsp3) is 0.786. The molecule has 4 atom stereocenters. The predicted molar refractivity (Wildman–Crippen MR) is 73.4 cm³/mol. The average Bonchev–Trinajstić information content (AvgIpc) is 2.97. The van der Waals surface area contributed by atoms with Gasteiger partial charge in [-0.1, -0.05) is 18.6 Å². The van der Waals surface area contributed by atoms with E-state index in [1.165, 1.54) is 5.57 Å². The van der Waals surface area contributed by atoms with Gasteiger partial charge in [-0.2, -0.15) is 0 Å².